The highest BCUT2D eigenvalue weighted by Gasteiger charge is 2.18. The van der Waals surface area contributed by atoms with Gasteiger partial charge in [0.05, 0.1) is 4.83 Å². The molecular weight excluding hydrogens is 238 g/mol. The summed E-state index contributed by atoms with van der Waals surface area (Å²) >= 11 is 3.64. The number of benzene rings is 1. The number of nitrogens with two attached hydrogens (primary N) is 1. The first-order valence-electron chi connectivity index (χ1n) is 4.95. The van der Waals surface area contributed by atoms with E-state index in [9.17, 15) is 0 Å². The summed E-state index contributed by atoms with van der Waals surface area (Å²) in [5, 5.41) is 0. The number of rotatable bonds is 2. The van der Waals surface area contributed by atoms with Gasteiger partial charge in [0.2, 0.25) is 0 Å². The second kappa shape index (κ2) is 4.18. The third kappa shape index (κ3) is 1.85. The molecule has 1 aromatic carbocycles. The molecule has 0 aromatic heterocycles. The Bertz CT molecular complexity index is 337. The van der Waals surface area contributed by atoms with Crippen LogP contribution in [0.15, 0.2) is 41.6 Å². The molecule has 1 aliphatic rings. The summed E-state index contributed by atoms with van der Waals surface area (Å²) in [6.45, 7) is 0. The first kappa shape index (κ1) is 9.78. The van der Waals surface area contributed by atoms with Crippen molar-refractivity contribution in [2.75, 3.05) is 0 Å². The molecule has 2 heteroatoms. The minimum atomic E-state index is 0.194. The van der Waals surface area contributed by atoms with Gasteiger partial charge < -0.3 is 5.73 Å². The molecular formula is C12H14BrN. The Morgan fingerprint density at radius 1 is 1.21 bits per heavy atom. The van der Waals surface area contributed by atoms with Crippen LogP contribution in [0.3, 0.4) is 0 Å². The van der Waals surface area contributed by atoms with Crippen molar-refractivity contribution in [3.63, 3.8) is 0 Å². The summed E-state index contributed by atoms with van der Waals surface area (Å²) in [7, 11) is 0. The smallest absolute Gasteiger partial charge is 0.0789 e. The van der Waals surface area contributed by atoms with Crippen molar-refractivity contribution in [2.45, 2.75) is 24.1 Å². The molecule has 0 spiro atoms. The largest absolute Gasteiger partial charge is 0.401 e. The van der Waals surface area contributed by atoms with Crippen molar-refractivity contribution >= 4 is 15.9 Å². The lowest BCUT2D eigenvalue weighted by atomic mass is 9.89. The maximum atomic E-state index is 6.09. The maximum absolute atomic E-state index is 6.09. The van der Waals surface area contributed by atoms with Gasteiger partial charge in [-0.25, -0.2) is 0 Å². The first-order valence-corrected chi connectivity index (χ1v) is 5.87. The second-order valence-corrected chi connectivity index (χ2v) is 4.60. The molecule has 74 valence electrons. The number of alkyl halides is 1. The number of halogens is 1. The summed E-state index contributed by atoms with van der Waals surface area (Å²) in [5.41, 5.74) is 9.77. The molecule has 1 aliphatic carbocycles. The molecule has 1 aromatic rings. The molecule has 2 N–H and O–H groups in total. The normalized spacial score (nSPS) is 17.4. The van der Waals surface area contributed by atoms with E-state index in [0.29, 0.717) is 0 Å². The Labute approximate surface area is 93.1 Å². The summed E-state index contributed by atoms with van der Waals surface area (Å²) in [6.07, 6.45) is 3.66. The van der Waals surface area contributed by atoms with E-state index in [4.69, 9.17) is 5.73 Å². The van der Waals surface area contributed by atoms with Crippen LogP contribution in [-0.4, -0.2) is 0 Å². The van der Waals surface area contributed by atoms with E-state index in [1.807, 2.05) is 18.2 Å². The lowest BCUT2D eigenvalue weighted by Gasteiger charge is -2.22. The lowest BCUT2D eigenvalue weighted by molar-refractivity contribution is 0.643. The van der Waals surface area contributed by atoms with Gasteiger partial charge in [-0.15, -0.1) is 0 Å². The minimum absolute atomic E-state index is 0.194. The van der Waals surface area contributed by atoms with Crippen LogP contribution < -0.4 is 5.73 Å². The summed E-state index contributed by atoms with van der Waals surface area (Å²) < 4.78 is 0. The van der Waals surface area contributed by atoms with Crippen LogP contribution in [-0.2, 0) is 0 Å². The molecule has 0 bridgehead atoms. The van der Waals surface area contributed by atoms with Crippen LogP contribution in [0.4, 0.5) is 0 Å². The van der Waals surface area contributed by atoms with Crippen molar-refractivity contribution < 1.29 is 0 Å². The van der Waals surface area contributed by atoms with Gasteiger partial charge in [-0.1, -0.05) is 46.3 Å². The minimum Gasteiger partial charge on any atom is -0.401 e. The fourth-order valence-electron chi connectivity index (χ4n) is 1.62. The van der Waals surface area contributed by atoms with E-state index < -0.39 is 0 Å². The SMILES string of the molecule is NC(=C1CCC1)C(Br)c1ccccc1. The molecule has 1 unspecified atom stereocenters. The van der Waals surface area contributed by atoms with E-state index in [-0.39, 0.29) is 4.83 Å². The van der Waals surface area contributed by atoms with Gasteiger partial charge in [-0.2, -0.15) is 0 Å². The highest BCUT2D eigenvalue weighted by molar-refractivity contribution is 9.09. The number of hydrogen-bond donors (Lipinski definition) is 1. The molecule has 14 heavy (non-hydrogen) atoms. The van der Waals surface area contributed by atoms with E-state index >= 15 is 0 Å². The Hall–Kier alpha value is -0.760. The highest BCUT2D eigenvalue weighted by Crippen LogP contribution is 2.36. The summed E-state index contributed by atoms with van der Waals surface area (Å²) in [4.78, 5) is 0.194. The van der Waals surface area contributed by atoms with Gasteiger partial charge in [-0.3, -0.25) is 0 Å². The Balaban J connectivity index is 2.20. The van der Waals surface area contributed by atoms with Gasteiger partial charge >= 0.3 is 0 Å². The van der Waals surface area contributed by atoms with E-state index in [0.717, 1.165) is 5.70 Å². The molecule has 0 aliphatic heterocycles. The monoisotopic (exact) mass is 251 g/mol. The van der Waals surface area contributed by atoms with E-state index in [2.05, 4.69) is 28.1 Å². The molecule has 1 fully saturated rings. The molecule has 1 atom stereocenters. The van der Waals surface area contributed by atoms with Crippen LogP contribution in [0.1, 0.15) is 29.7 Å². The van der Waals surface area contributed by atoms with Crippen molar-refractivity contribution in [3.05, 3.63) is 47.2 Å². The number of allylic oxidation sites excluding steroid dienone is 2. The average molecular weight is 252 g/mol. The highest BCUT2D eigenvalue weighted by atomic mass is 79.9. The molecule has 0 radical (unpaired) electrons. The van der Waals surface area contributed by atoms with Gasteiger partial charge in [0.25, 0.3) is 0 Å². The second-order valence-electron chi connectivity index (χ2n) is 3.69. The lowest BCUT2D eigenvalue weighted by Crippen LogP contribution is -2.13. The Morgan fingerprint density at radius 2 is 1.86 bits per heavy atom. The topological polar surface area (TPSA) is 26.0 Å². The predicted octanol–water partition coefficient (Wildman–Crippen LogP) is 3.52. The molecule has 0 saturated heterocycles. The Morgan fingerprint density at radius 3 is 2.36 bits per heavy atom. The quantitative estimate of drug-likeness (QED) is 0.801. The maximum Gasteiger partial charge on any atom is 0.0789 e. The zero-order chi connectivity index (χ0) is 9.97. The fraction of sp³-hybridized carbons (Fsp3) is 0.333. The molecule has 1 nitrogen and oxygen atoms in total. The van der Waals surface area contributed by atoms with E-state index in [1.165, 1.54) is 30.4 Å². The van der Waals surface area contributed by atoms with Crippen molar-refractivity contribution in [1.82, 2.24) is 0 Å². The predicted molar refractivity (Wildman–Crippen MR) is 63.2 cm³/mol. The van der Waals surface area contributed by atoms with Gasteiger partial charge in [0.1, 0.15) is 0 Å². The summed E-state index contributed by atoms with van der Waals surface area (Å²) in [6, 6.07) is 10.3. The first-order chi connectivity index (χ1) is 6.79. The zero-order valence-corrected chi connectivity index (χ0v) is 9.63. The van der Waals surface area contributed by atoms with Crippen molar-refractivity contribution in [1.29, 1.82) is 0 Å². The van der Waals surface area contributed by atoms with Crippen LogP contribution in [0.2, 0.25) is 0 Å². The standard InChI is InChI=1S/C12H14BrN/c13-11(9-5-2-1-3-6-9)12(14)10-7-4-8-10/h1-3,5-6,11H,4,7-8,14H2. The average Bonchev–Trinajstić information content (AvgIpc) is 2.15. The van der Waals surface area contributed by atoms with Gasteiger partial charge in [-0.05, 0) is 30.4 Å². The zero-order valence-electron chi connectivity index (χ0n) is 8.04. The molecule has 0 heterocycles. The van der Waals surface area contributed by atoms with Crippen LogP contribution >= 0.6 is 15.9 Å². The fourth-order valence-corrected chi connectivity index (χ4v) is 2.25. The third-order valence-corrected chi connectivity index (χ3v) is 3.75. The molecule has 2 rings (SSSR count). The van der Waals surface area contributed by atoms with Crippen LogP contribution in [0.5, 0.6) is 0 Å². The Kier molecular flexibility index (Phi) is 2.92. The van der Waals surface area contributed by atoms with Gasteiger partial charge in [0, 0.05) is 5.70 Å². The molecule has 1 saturated carbocycles. The van der Waals surface area contributed by atoms with Gasteiger partial charge in [0.15, 0.2) is 0 Å². The summed E-state index contributed by atoms with van der Waals surface area (Å²) in [5.74, 6) is 0. The molecule has 0 amide bonds. The van der Waals surface area contributed by atoms with Crippen LogP contribution in [0.25, 0.3) is 0 Å². The third-order valence-electron chi connectivity index (χ3n) is 2.73. The van der Waals surface area contributed by atoms with Crippen molar-refractivity contribution in [2.24, 2.45) is 5.73 Å². The van der Waals surface area contributed by atoms with Crippen molar-refractivity contribution in [3.8, 4) is 0 Å². The number of hydrogen-bond acceptors (Lipinski definition) is 1. The van der Waals surface area contributed by atoms with E-state index in [1.54, 1.807) is 0 Å². The van der Waals surface area contributed by atoms with Crippen LogP contribution in [0, 0.1) is 0 Å².